The van der Waals surface area contributed by atoms with Crippen LogP contribution in [0.25, 0.3) is 0 Å². The van der Waals surface area contributed by atoms with Gasteiger partial charge in [-0.1, -0.05) is 96.0 Å². The molecular weight excluding hydrogens is 418 g/mol. The summed E-state index contributed by atoms with van der Waals surface area (Å²) in [7, 11) is 0. The number of ether oxygens (including phenoxy) is 1. The minimum absolute atomic E-state index is 0.214. The van der Waals surface area contributed by atoms with Crippen LogP contribution in [0.2, 0.25) is 0 Å². The van der Waals surface area contributed by atoms with Crippen LogP contribution in [-0.4, -0.2) is 5.97 Å². The lowest BCUT2D eigenvalue weighted by atomic mass is 9.69. The van der Waals surface area contributed by atoms with E-state index in [0.29, 0.717) is 17.2 Å². The smallest absolute Gasteiger partial charge is 0.321 e. The Balaban J connectivity index is 1.80. The van der Waals surface area contributed by atoms with Gasteiger partial charge < -0.3 is 4.74 Å². The second-order valence-corrected chi connectivity index (χ2v) is 10.2. The minimum atomic E-state index is -0.623. The Bertz CT molecular complexity index is 964. The third-order valence-corrected chi connectivity index (χ3v) is 7.43. The molecule has 1 aliphatic rings. The van der Waals surface area contributed by atoms with Gasteiger partial charge in [-0.25, -0.2) is 0 Å². The van der Waals surface area contributed by atoms with Crippen LogP contribution in [-0.2, 0) is 23.1 Å². The van der Waals surface area contributed by atoms with Crippen molar-refractivity contribution in [2.45, 2.75) is 103 Å². The largest absolute Gasteiger partial charge is 0.424 e. The maximum atomic E-state index is 13.7. The molecule has 0 saturated heterocycles. The Hall–Kier alpha value is -2.60. The number of unbranched alkanes of at least 4 members (excludes halogenated alkanes) is 2. The Morgan fingerprint density at radius 2 is 1.68 bits per heavy atom. The van der Waals surface area contributed by atoms with Crippen molar-refractivity contribution in [3.8, 4) is 11.8 Å². The van der Waals surface area contributed by atoms with Crippen molar-refractivity contribution in [1.29, 1.82) is 5.26 Å². The van der Waals surface area contributed by atoms with Crippen molar-refractivity contribution in [1.82, 2.24) is 0 Å². The molecule has 2 aromatic rings. The number of nitrogens with zero attached hydrogens (tertiary/aromatic N) is 1. The van der Waals surface area contributed by atoms with Gasteiger partial charge >= 0.3 is 5.97 Å². The zero-order valence-corrected chi connectivity index (χ0v) is 21.4. The maximum Gasteiger partial charge on any atom is 0.321 e. The number of esters is 1. The lowest BCUT2D eigenvalue weighted by Gasteiger charge is -2.35. The fourth-order valence-electron chi connectivity index (χ4n) is 5.27. The highest BCUT2D eigenvalue weighted by Crippen LogP contribution is 2.41. The number of carbonyl (C=O) groups excluding carboxylic acids is 1. The number of nitriles is 1. The molecule has 1 aliphatic carbocycles. The molecule has 3 heteroatoms. The van der Waals surface area contributed by atoms with Crippen molar-refractivity contribution in [3.63, 3.8) is 0 Å². The standard InChI is InChI=1S/C31H41NO2/c1-4-6-11-24(3)21-26-15-18-29(27(22-26)23-32)34-30(33)31(19-9-8-10-20-31)28-16-13-25(14-17-28)12-7-5-2/h13-18,22,24H,4-12,19-21H2,1-3H3. The molecule has 0 N–H and O–H groups in total. The van der Waals surface area contributed by atoms with Gasteiger partial charge in [0.1, 0.15) is 11.8 Å². The van der Waals surface area contributed by atoms with Crippen molar-refractivity contribution in [3.05, 3.63) is 64.7 Å². The van der Waals surface area contributed by atoms with Crippen LogP contribution >= 0.6 is 0 Å². The van der Waals surface area contributed by atoms with Gasteiger partial charge in [0.05, 0.1) is 11.0 Å². The van der Waals surface area contributed by atoms with Crippen LogP contribution in [0.4, 0.5) is 0 Å². The molecule has 0 amide bonds. The number of benzene rings is 2. The zero-order chi connectivity index (χ0) is 24.4. The molecule has 2 aromatic carbocycles. The van der Waals surface area contributed by atoms with Crippen LogP contribution in [0, 0.1) is 17.2 Å². The second kappa shape index (κ2) is 12.7. The first-order valence-corrected chi connectivity index (χ1v) is 13.4. The van der Waals surface area contributed by atoms with Gasteiger partial charge in [-0.3, -0.25) is 4.79 Å². The first-order valence-electron chi connectivity index (χ1n) is 13.4. The molecule has 3 rings (SSSR count). The van der Waals surface area contributed by atoms with Crippen LogP contribution in [0.5, 0.6) is 5.75 Å². The monoisotopic (exact) mass is 459 g/mol. The van der Waals surface area contributed by atoms with E-state index < -0.39 is 5.41 Å². The maximum absolute atomic E-state index is 13.7. The first-order chi connectivity index (χ1) is 16.5. The highest BCUT2D eigenvalue weighted by molar-refractivity contribution is 5.85. The SMILES string of the molecule is CCCCc1ccc(C2(C(=O)Oc3ccc(CC(C)CCCC)cc3C#N)CCCCC2)cc1. The first kappa shape index (κ1) is 26.0. The van der Waals surface area contributed by atoms with Gasteiger partial charge in [-0.15, -0.1) is 0 Å². The number of rotatable bonds is 11. The number of hydrogen-bond acceptors (Lipinski definition) is 3. The van der Waals surface area contributed by atoms with E-state index in [-0.39, 0.29) is 5.97 Å². The van der Waals surface area contributed by atoms with Gasteiger partial charge in [0, 0.05) is 0 Å². The Labute approximate surface area is 206 Å². The summed E-state index contributed by atoms with van der Waals surface area (Å²) in [5.74, 6) is 0.752. The summed E-state index contributed by atoms with van der Waals surface area (Å²) < 4.78 is 5.99. The van der Waals surface area contributed by atoms with Gasteiger partial charge in [0.2, 0.25) is 0 Å². The molecule has 0 aliphatic heterocycles. The Kier molecular flexibility index (Phi) is 9.75. The van der Waals surface area contributed by atoms with Gasteiger partial charge in [0.25, 0.3) is 0 Å². The molecule has 0 heterocycles. The van der Waals surface area contributed by atoms with Crippen LogP contribution in [0.1, 0.15) is 107 Å². The summed E-state index contributed by atoms with van der Waals surface area (Å²) in [5.41, 5.74) is 3.34. The van der Waals surface area contributed by atoms with E-state index in [1.807, 2.05) is 18.2 Å². The summed E-state index contributed by atoms with van der Waals surface area (Å²) in [4.78, 5) is 13.7. The summed E-state index contributed by atoms with van der Waals surface area (Å²) >= 11 is 0. The summed E-state index contributed by atoms with van der Waals surface area (Å²) in [6.07, 6.45) is 12.8. The lowest BCUT2D eigenvalue weighted by molar-refractivity contribution is -0.142. The molecule has 1 unspecified atom stereocenters. The second-order valence-electron chi connectivity index (χ2n) is 10.2. The molecule has 1 fully saturated rings. The van der Waals surface area contributed by atoms with E-state index in [1.54, 1.807) is 0 Å². The van der Waals surface area contributed by atoms with Gasteiger partial charge in [-0.2, -0.15) is 5.26 Å². The van der Waals surface area contributed by atoms with E-state index in [1.165, 1.54) is 37.7 Å². The molecular formula is C31H41NO2. The molecule has 182 valence electrons. The minimum Gasteiger partial charge on any atom is -0.424 e. The Morgan fingerprint density at radius 1 is 1.00 bits per heavy atom. The van der Waals surface area contributed by atoms with Crippen molar-refractivity contribution < 1.29 is 9.53 Å². The van der Waals surface area contributed by atoms with Crippen LogP contribution < -0.4 is 4.74 Å². The number of carbonyl (C=O) groups is 1. The fraction of sp³-hybridized carbons (Fsp3) is 0.548. The molecule has 0 radical (unpaired) electrons. The Morgan fingerprint density at radius 3 is 2.32 bits per heavy atom. The average molecular weight is 460 g/mol. The molecule has 0 aromatic heterocycles. The van der Waals surface area contributed by atoms with E-state index >= 15 is 0 Å². The fourth-order valence-corrected chi connectivity index (χ4v) is 5.27. The summed E-state index contributed by atoms with van der Waals surface area (Å²) in [5, 5.41) is 9.78. The zero-order valence-electron chi connectivity index (χ0n) is 21.4. The van der Waals surface area contributed by atoms with Gasteiger partial charge in [0.15, 0.2) is 0 Å². The number of hydrogen-bond donors (Lipinski definition) is 0. The van der Waals surface area contributed by atoms with E-state index in [9.17, 15) is 10.1 Å². The third kappa shape index (κ3) is 6.50. The van der Waals surface area contributed by atoms with E-state index in [4.69, 9.17) is 4.74 Å². The predicted molar refractivity (Wildman–Crippen MR) is 139 cm³/mol. The normalized spacial score (nSPS) is 15.9. The summed E-state index contributed by atoms with van der Waals surface area (Å²) in [6, 6.07) is 16.6. The van der Waals surface area contributed by atoms with Crippen LogP contribution in [0.15, 0.2) is 42.5 Å². The molecule has 1 atom stereocenters. The molecule has 3 nitrogen and oxygen atoms in total. The highest BCUT2D eigenvalue weighted by atomic mass is 16.5. The molecule has 0 spiro atoms. The molecule has 0 bridgehead atoms. The predicted octanol–water partition coefficient (Wildman–Crippen LogP) is 8.08. The number of aryl methyl sites for hydroxylation is 1. The van der Waals surface area contributed by atoms with Crippen LogP contribution in [0.3, 0.4) is 0 Å². The molecule has 34 heavy (non-hydrogen) atoms. The van der Waals surface area contributed by atoms with Crippen molar-refractivity contribution >= 4 is 5.97 Å². The van der Waals surface area contributed by atoms with E-state index in [2.05, 4.69) is 51.1 Å². The van der Waals surface area contributed by atoms with Gasteiger partial charge in [-0.05, 0) is 66.8 Å². The third-order valence-electron chi connectivity index (χ3n) is 7.43. The highest BCUT2D eigenvalue weighted by Gasteiger charge is 2.43. The van der Waals surface area contributed by atoms with Crippen molar-refractivity contribution in [2.24, 2.45) is 5.92 Å². The topological polar surface area (TPSA) is 50.1 Å². The quantitative estimate of drug-likeness (QED) is 0.252. The molecule has 1 saturated carbocycles. The van der Waals surface area contributed by atoms with Crippen molar-refractivity contribution in [2.75, 3.05) is 0 Å². The average Bonchev–Trinajstić information content (AvgIpc) is 2.87. The lowest BCUT2D eigenvalue weighted by Crippen LogP contribution is -2.41. The van der Waals surface area contributed by atoms with E-state index in [0.717, 1.165) is 56.1 Å². The summed E-state index contributed by atoms with van der Waals surface area (Å²) in [6.45, 7) is 6.68.